The third kappa shape index (κ3) is 8.52. The Balaban J connectivity index is 1.31. The van der Waals surface area contributed by atoms with Gasteiger partial charge in [0.25, 0.3) is 5.91 Å². The summed E-state index contributed by atoms with van der Waals surface area (Å²) in [6.45, 7) is 2.66. The molecule has 0 aromatic heterocycles. The minimum absolute atomic E-state index is 0.135. The molecule has 0 aliphatic heterocycles. The van der Waals surface area contributed by atoms with Crippen LogP contribution in [0.2, 0.25) is 0 Å². The molecule has 0 bridgehead atoms. The van der Waals surface area contributed by atoms with Gasteiger partial charge in [0.2, 0.25) is 0 Å². The van der Waals surface area contributed by atoms with E-state index >= 15 is 0 Å². The zero-order valence-electron chi connectivity index (χ0n) is 23.0. The first kappa shape index (κ1) is 30.0. The van der Waals surface area contributed by atoms with E-state index in [2.05, 4.69) is 42.0 Å². The van der Waals surface area contributed by atoms with Gasteiger partial charge >= 0.3 is 6.18 Å². The number of amides is 1. The average Bonchev–Trinajstić information content (AvgIpc) is 2.99. The van der Waals surface area contributed by atoms with Crippen LogP contribution in [0.3, 0.4) is 0 Å². The molecule has 4 aromatic carbocycles. The fourth-order valence-electron chi connectivity index (χ4n) is 4.71. The molecule has 1 atom stereocenters. The molecule has 214 valence electrons. The minimum Gasteiger partial charge on any atom is -0.348 e. The van der Waals surface area contributed by atoms with Crippen molar-refractivity contribution in [1.82, 2.24) is 10.8 Å². The zero-order chi connectivity index (χ0) is 29.2. The predicted octanol–water partition coefficient (Wildman–Crippen LogP) is 8.30. The summed E-state index contributed by atoms with van der Waals surface area (Å²) in [6.07, 6.45) is 0.706. The number of halogens is 3. The van der Waals surface area contributed by atoms with Crippen LogP contribution in [0.15, 0.2) is 97.1 Å². The summed E-state index contributed by atoms with van der Waals surface area (Å²) < 4.78 is 38.6. The lowest BCUT2D eigenvalue weighted by Crippen LogP contribution is -2.22. The van der Waals surface area contributed by atoms with Crippen molar-refractivity contribution in [1.29, 1.82) is 0 Å². The van der Waals surface area contributed by atoms with Crippen LogP contribution in [-0.2, 0) is 25.6 Å². The molecule has 0 saturated carbocycles. The Hall–Kier alpha value is -3.94. The van der Waals surface area contributed by atoms with Crippen molar-refractivity contribution in [3.63, 3.8) is 0 Å². The Labute approximate surface area is 239 Å². The van der Waals surface area contributed by atoms with Crippen LogP contribution in [0.1, 0.15) is 70.4 Å². The number of benzene rings is 4. The molecule has 7 heteroatoms. The van der Waals surface area contributed by atoms with E-state index < -0.39 is 17.8 Å². The summed E-state index contributed by atoms with van der Waals surface area (Å²) in [5.74, 6) is -0.135. The third-order valence-corrected chi connectivity index (χ3v) is 7.22. The van der Waals surface area contributed by atoms with Crippen molar-refractivity contribution in [2.24, 2.45) is 0 Å². The molecule has 3 N–H and O–H groups in total. The van der Waals surface area contributed by atoms with E-state index in [0.29, 0.717) is 24.1 Å². The van der Waals surface area contributed by atoms with Gasteiger partial charge in [0.1, 0.15) is 0 Å². The second-order valence-corrected chi connectivity index (χ2v) is 10.2. The van der Waals surface area contributed by atoms with Gasteiger partial charge in [-0.25, -0.2) is 0 Å². The number of carbonyl (C=O) groups is 1. The molecule has 0 spiro atoms. The summed E-state index contributed by atoms with van der Waals surface area (Å²) in [4.78, 5) is 12.7. The van der Waals surface area contributed by atoms with Crippen LogP contribution in [0, 0.1) is 0 Å². The Bertz CT molecular complexity index is 1380. The van der Waals surface area contributed by atoms with Gasteiger partial charge in [0, 0.05) is 12.1 Å². The molecule has 41 heavy (non-hydrogen) atoms. The first-order valence-corrected chi connectivity index (χ1v) is 13.9. The van der Waals surface area contributed by atoms with Crippen LogP contribution in [0.4, 0.5) is 13.2 Å². The predicted molar refractivity (Wildman–Crippen MR) is 156 cm³/mol. The van der Waals surface area contributed by atoms with Crippen molar-refractivity contribution in [2.75, 3.05) is 0 Å². The highest BCUT2D eigenvalue weighted by Gasteiger charge is 2.30. The Morgan fingerprint density at radius 1 is 0.756 bits per heavy atom. The lowest BCUT2D eigenvalue weighted by Gasteiger charge is -2.17. The maximum Gasteiger partial charge on any atom is 0.416 e. The maximum atomic E-state index is 12.9. The van der Waals surface area contributed by atoms with E-state index in [-0.39, 0.29) is 5.91 Å². The summed E-state index contributed by atoms with van der Waals surface area (Å²) >= 11 is 0. The number of carbonyl (C=O) groups excluding carboxylic acids is 1. The molecule has 1 unspecified atom stereocenters. The van der Waals surface area contributed by atoms with Gasteiger partial charge in [0.05, 0.1) is 11.6 Å². The summed E-state index contributed by atoms with van der Waals surface area (Å²) in [7, 11) is 0. The standard InChI is InChI=1S/C34H35F3N2O2/c1-2-3-4-5-24-6-8-26(9-7-24)23-38-33(40)30-16-14-28(15-17-30)27-12-10-25(11-13-27)22-32(39-41)29-18-20-31(21-19-29)34(35,36)37/h6-21,32,39,41H,2-5,22-23H2,1H3,(H,38,40). The Kier molecular flexibility index (Phi) is 10.3. The smallest absolute Gasteiger partial charge is 0.348 e. The van der Waals surface area contributed by atoms with Gasteiger partial charge < -0.3 is 10.5 Å². The maximum absolute atomic E-state index is 12.9. The molecule has 4 rings (SSSR count). The first-order valence-electron chi connectivity index (χ1n) is 13.9. The number of rotatable bonds is 12. The van der Waals surface area contributed by atoms with Gasteiger partial charge in [-0.15, -0.1) is 0 Å². The van der Waals surface area contributed by atoms with E-state index in [1.807, 2.05) is 36.4 Å². The quantitative estimate of drug-likeness (QED) is 0.121. The average molecular weight is 561 g/mol. The second-order valence-electron chi connectivity index (χ2n) is 10.2. The minimum atomic E-state index is -4.40. The molecular weight excluding hydrogens is 525 g/mol. The molecule has 0 saturated heterocycles. The number of nitrogens with one attached hydrogen (secondary N) is 2. The first-order chi connectivity index (χ1) is 19.8. The van der Waals surface area contributed by atoms with Gasteiger partial charge in [-0.05, 0) is 76.9 Å². The second kappa shape index (κ2) is 14.1. The van der Waals surface area contributed by atoms with Crippen LogP contribution in [0.25, 0.3) is 11.1 Å². The Morgan fingerprint density at radius 2 is 1.32 bits per heavy atom. The molecule has 1 amide bonds. The summed E-state index contributed by atoms with van der Waals surface area (Å²) in [6, 6.07) is 27.7. The van der Waals surface area contributed by atoms with E-state index in [0.717, 1.165) is 40.8 Å². The number of aryl methyl sites for hydroxylation is 1. The number of hydrogen-bond acceptors (Lipinski definition) is 3. The molecule has 4 nitrogen and oxygen atoms in total. The van der Waals surface area contributed by atoms with Crippen LogP contribution in [0.5, 0.6) is 0 Å². The number of hydroxylamine groups is 1. The van der Waals surface area contributed by atoms with Crippen molar-refractivity contribution in [2.45, 2.75) is 57.8 Å². The summed E-state index contributed by atoms with van der Waals surface area (Å²) in [5.41, 5.74) is 7.81. The van der Waals surface area contributed by atoms with E-state index in [1.165, 1.54) is 37.0 Å². The van der Waals surface area contributed by atoms with E-state index in [1.54, 1.807) is 12.1 Å². The number of alkyl halides is 3. The molecule has 4 aromatic rings. The van der Waals surface area contributed by atoms with E-state index in [9.17, 15) is 23.2 Å². The monoisotopic (exact) mass is 560 g/mol. The van der Waals surface area contributed by atoms with Crippen molar-refractivity contribution >= 4 is 5.91 Å². The van der Waals surface area contributed by atoms with Gasteiger partial charge in [-0.2, -0.15) is 18.7 Å². The summed E-state index contributed by atoms with van der Waals surface area (Å²) in [5, 5.41) is 12.6. The SMILES string of the molecule is CCCCCc1ccc(CNC(=O)c2ccc(-c3ccc(CC(NO)c4ccc(C(F)(F)F)cc4)cc3)cc2)cc1. The van der Waals surface area contributed by atoms with Crippen LogP contribution >= 0.6 is 0 Å². The van der Waals surface area contributed by atoms with Crippen LogP contribution in [-0.4, -0.2) is 11.1 Å². The van der Waals surface area contributed by atoms with Gasteiger partial charge in [0.15, 0.2) is 0 Å². The Morgan fingerprint density at radius 3 is 1.88 bits per heavy atom. The zero-order valence-corrected chi connectivity index (χ0v) is 23.0. The topological polar surface area (TPSA) is 61.4 Å². The number of hydrogen-bond donors (Lipinski definition) is 3. The largest absolute Gasteiger partial charge is 0.416 e. The lowest BCUT2D eigenvalue weighted by atomic mass is 9.96. The van der Waals surface area contributed by atoms with E-state index in [4.69, 9.17) is 0 Å². The molecule has 0 aliphatic carbocycles. The molecule has 0 fully saturated rings. The fraction of sp³-hybridized carbons (Fsp3) is 0.265. The van der Waals surface area contributed by atoms with Crippen molar-refractivity contribution in [3.05, 3.63) is 130 Å². The molecule has 0 heterocycles. The highest BCUT2D eigenvalue weighted by Crippen LogP contribution is 2.30. The van der Waals surface area contributed by atoms with Crippen molar-refractivity contribution < 1.29 is 23.2 Å². The third-order valence-electron chi connectivity index (χ3n) is 7.22. The molecular formula is C34H35F3N2O2. The fourth-order valence-corrected chi connectivity index (χ4v) is 4.71. The van der Waals surface area contributed by atoms with Gasteiger partial charge in [-0.1, -0.05) is 92.6 Å². The van der Waals surface area contributed by atoms with Crippen LogP contribution < -0.4 is 10.8 Å². The normalized spacial score (nSPS) is 12.2. The van der Waals surface area contributed by atoms with Gasteiger partial charge in [-0.3, -0.25) is 4.79 Å². The highest BCUT2D eigenvalue weighted by molar-refractivity contribution is 5.94. The number of unbranched alkanes of at least 4 members (excludes halogenated alkanes) is 2. The molecule has 0 aliphatic rings. The lowest BCUT2D eigenvalue weighted by molar-refractivity contribution is -0.137. The molecule has 0 radical (unpaired) electrons. The van der Waals surface area contributed by atoms with Crippen molar-refractivity contribution in [3.8, 4) is 11.1 Å². The highest BCUT2D eigenvalue weighted by atomic mass is 19.4.